The Morgan fingerprint density at radius 1 is 1.18 bits per heavy atom. The van der Waals surface area contributed by atoms with E-state index in [1.165, 1.54) is 25.3 Å². The molecule has 1 fully saturated rings. The summed E-state index contributed by atoms with van der Waals surface area (Å²) >= 11 is 0. The fourth-order valence-corrected chi connectivity index (χ4v) is 3.36. The third-order valence-corrected chi connectivity index (χ3v) is 4.58. The van der Waals surface area contributed by atoms with Crippen LogP contribution in [-0.4, -0.2) is 6.54 Å². The van der Waals surface area contributed by atoms with Gasteiger partial charge in [0.2, 0.25) is 0 Å². The van der Waals surface area contributed by atoms with Gasteiger partial charge in [-0.15, -0.1) is 0 Å². The third-order valence-electron chi connectivity index (χ3n) is 4.58. The fourth-order valence-electron chi connectivity index (χ4n) is 3.36. The van der Waals surface area contributed by atoms with Crippen LogP contribution in [0.4, 0.5) is 14.5 Å². The molecule has 1 aliphatic carbocycles. The summed E-state index contributed by atoms with van der Waals surface area (Å²) in [6.07, 6.45) is 7.70. The smallest absolute Gasteiger partial charge is 0.160 e. The van der Waals surface area contributed by atoms with E-state index in [0.29, 0.717) is 28.3 Å². The zero-order chi connectivity index (χ0) is 15.7. The van der Waals surface area contributed by atoms with E-state index >= 15 is 0 Å². The minimum Gasteiger partial charge on any atom is -0.346 e. The van der Waals surface area contributed by atoms with E-state index in [0.717, 1.165) is 25.5 Å². The molecule has 0 unspecified atom stereocenters. The highest BCUT2D eigenvalue weighted by Crippen LogP contribution is 2.38. The van der Waals surface area contributed by atoms with E-state index in [-0.39, 0.29) is 0 Å². The number of rotatable bonds is 2. The molecule has 1 aromatic rings. The molecule has 2 aliphatic rings. The summed E-state index contributed by atoms with van der Waals surface area (Å²) < 4.78 is 27.2. The summed E-state index contributed by atoms with van der Waals surface area (Å²) in [6.45, 7) is 4.59. The lowest BCUT2D eigenvalue weighted by Crippen LogP contribution is -2.29. The first-order valence-electron chi connectivity index (χ1n) is 7.67. The molecular formula is C18H18F2N2. The van der Waals surface area contributed by atoms with Crippen LogP contribution in [0.25, 0.3) is 5.57 Å². The second-order valence-corrected chi connectivity index (χ2v) is 6.07. The van der Waals surface area contributed by atoms with Crippen LogP contribution in [-0.2, 0) is 0 Å². The maximum absolute atomic E-state index is 13.6. The first-order chi connectivity index (χ1) is 10.6. The molecule has 1 aromatic carbocycles. The van der Waals surface area contributed by atoms with Gasteiger partial charge in [0, 0.05) is 24.4 Å². The normalized spacial score (nSPS) is 18.7. The zero-order valence-corrected chi connectivity index (χ0v) is 12.4. The molecule has 4 heteroatoms. The van der Waals surface area contributed by atoms with Crippen molar-refractivity contribution in [1.82, 2.24) is 0 Å². The lowest BCUT2D eigenvalue weighted by atomic mass is 9.87. The van der Waals surface area contributed by atoms with Crippen LogP contribution >= 0.6 is 0 Å². The summed E-state index contributed by atoms with van der Waals surface area (Å²) in [4.78, 5) is 1.89. The Kier molecular flexibility index (Phi) is 3.98. The van der Waals surface area contributed by atoms with Crippen molar-refractivity contribution in [2.45, 2.75) is 32.1 Å². The molecule has 1 saturated carbocycles. The molecule has 114 valence electrons. The van der Waals surface area contributed by atoms with Crippen molar-refractivity contribution >= 4 is 11.3 Å². The lowest BCUT2D eigenvalue weighted by molar-refractivity contribution is 0.364. The Morgan fingerprint density at radius 2 is 1.86 bits per heavy atom. The van der Waals surface area contributed by atoms with E-state index in [4.69, 9.17) is 0 Å². The van der Waals surface area contributed by atoms with Gasteiger partial charge in [0.1, 0.15) is 6.07 Å². The van der Waals surface area contributed by atoms with E-state index in [1.807, 2.05) is 4.90 Å². The van der Waals surface area contributed by atoms with Crippen LogP contribution in [0.15, 0.2) is 30.5 Å². The Balaban J connectivity index is 1.98. The van der Waals surface area contributed by atoms with Gasteiger partial charge in [-0.25, -0.2) is 8.78 Å². The molecule has 1 aliphatic heterocycles. The highest BCUT2D eigenvalue weighted by Gasteiger charge is 2.26. The second-order valence-electron chi connectivity index (χ2n) is 6.07. The number of halogens is 2. The molecule has 0 saturated heterocycles. The summed E-state index contributed by atoms with van der Waals surface area (Å²) in [5.41, 5.74) is 1.98. The number of allylic oxidation sites excluding steroid dienone is 2. The molecular weight excluding hydrogens is 282 g/mol. The Hall–Kier alpha value is -2.15. The maximum atomic E-state index is 13.6. The highest BCUT2D eigenvalue weighted by atomic mass is 19.2. The van der Waals surface area contributed by atoms with Gasteiger partial charge in [0.05, 0.1) is 11.3 Å². The molecule has 0 atom stereocenters. The van der Waals surface area contributed by atoms with Crippen LogP contribution in [0.5, 0.6) is 0 Å². The van der Waals surface area contributed by atoms with Gasteiger partial charge in [-0.05, 0) is 30.4 Å². The van der Waals surface area contributed by atoms with E-state index < -0.39 is 11.6 Å². The number of nitrogens with zero attached hydrogens (tertiary/aromatic N) is 2. The van der Waals surface area contributed by atoms with Gasteiger partial charge >= 0.3 is 0 Å². The monoisotopic (exact) mass is 300 g/mol. The van der Waals surface area contributed by atoms with Crippen LogP contribution in [0.1, 0.15) is 37.7 Å². The zero-order valence-electron chi connectivity index (χ0n) is 12.4. The summed E-state index contributed by atoms with van der Waals surface area (Å²) in [7, 11) is 0. The number of anilines is 1. The number of hydrogen-bond acceptors (Lipinski definition) is 2. The van der Waals surface area contributed by atoms with Gasteiger partial charge in [-0.1, -0.05) is 25.8 Å². The molecule has 0 N–H and O–H groups in total. The van der Waals surface area contributed by atoms with Crippen molar-refractivity contribution in [3.05, 3.63) is 47.7 Å². The van der Waals surface area contributed by atoms with Crippen molar-refractivity contribution in [1.29, 1.82) is 5.26 Å². The second kappa shape index (κ2) is 5.92. The van der Waals surface area contributed by atoms with Crippen molar-refractivity contribution < 1.29 is 8.78 Å². The van der Waals surface area contributed by atoms with E-state index in [2.05, 4.69) is 12.6 Å². The van der Waals surface area contributed by atoms with Gasteiger partial charge in [0.15, 0.2) is 11.6 Å². The highest BCUT2D eigenvalue weighted by molar-refractivity contribution is 5.91. The van der Waals surface area contributed by atoms with E-state index in [9.17, 15) is 14.0 Å². The van der Waals surface area contributed by atoms with Crippen LogP contribution in [0, 0.1) is 28.9 Å². The predicted octanol–water partition coefficient (Wildman–Crippen LogP) is 4.79. The lowest BCUT2D eigenvalue weighted by Gasteiger charge is -2.33. The summed E-state index contributed by atoms with van der Waals surface area (Å²) in [5.74, 6) is -1.25. The standard InChI is InChI=1S/C18H18F2N2/c1-12-14(9-21)11-22(10-13-5-3-2-4-6-13)18-8-17(20)16(19)7-15(12)18/h7-8,11,13H,1-6,10H2. The largest absolute Gasteiger partial charge is 0.346 e. The minimum absolute atomic E-state index is 0.411. The molecule has 0 radical (unpaired) electrons. The average Bonchev–Trinajstić information content (AvgIpc) is 2.53. The SMILES string of the molecule is C=C1C(C#N)=CN(CC2CCCCC2)c2cc(F)c(F)cc21. The molecule has 2 nitrogen and oxygen atoms in total. The molecule has 0 spiro atoms. The number of hydrogen-bond donors (Lipinski definition) is 0. The van der Waals surface area contributed by atoms with Crippen LogP contribution in [0.2, 0.25) is 0 Å². The van der Waals surface area contributed by atoms with Gasteiger partial charge < -0.3 is 4.90 Å². The Labute approximate surface area is 129 Å². The summed E-state index contributed by atoms with van der Waals surface area (Å²) in [6, 6.07) is 4.46. The third kappa shape index (κ3) is 2.64. The quantitative estimate of drug-likeness (QED) is 0.785. The first-order valence-corrected chi connectivity index (χ1v) is 7.67. The molecule has 0 aromatic heterocycles. The Bertz CT molecular complexity index is 679. The molecule has 22 heavy (non-hydrogen) atoms. The topological polar surface area (TPSA) is 27.0 Å². The van der Waals surface area contributed by atoms with Crippen molar-refractivity contribution in [2.75, 3.05) is 11.4 Å². The molecule has 0 bridgehead atoms. The van der Waals surface area contributed by atoms with Crippen molar-refractivity contribution in [2.24, 2.45) is 5.92 Å². The number of fused-ring (bicyclic) bond motifs is 1. The first kappa shape index (κ1) is 14.8. The van der Waals surface area contributed by atoms with Crippen molar-refractivity contribution in [3.63, 3.8) is 0 Å². The molecule has 1 heterocycles. The minimum atomic E-state index is -0.906. The van der Waals surface area contributed by atoms with E-state index in [1.54, 1.807) is 6.20 Å². The van der Waals surface area contributed by atoms with Gasteiger partial charge in [-0.3, -0.25) is 0 Å². The number of nitriles is 1. The fraction of sp³-hybridized carbons (Fsp3) is 0.389. The van der Waals surface area contributed by atoms with Crippen molar-refractivity contribution in [3.8, 4) is 6.07 Å². The predicted molar refractivity (Wildman–Crippen MR) is 83.0 cm³/mol. The van der Waals surface area contributed by atoms with Gasteiger partial charge in [0.25, 0.3) is 0 Å². The van der Waals surface area contributed by atoms with Crippen LogP contribution in [0.3, 0.4) is 0 Å². The molecule has 0 amide bonds. The average molecular weight is 300 g/mol. The maximum Gasteiger partial charge on any atom is 0.160 e. The van der Waals surface area contributed by atoms with Gasteiger partial charge in [-0.2, -0.15) is 5.26 Å². The summed E-state index contributed by atoms with van der Waals surface area (Å²) in [5, 5.41) is 9.26. The molecule has 3 rings (SSSR count). The Morgan fingerprint density at radius 3 is 2.55 bits per heavy atom. The van der Waals surface area contributed by atoms with Crippen LogP contribution < -0.4 is 4.90 Å². The number of benzene rings is 1.